The number of nitrogens with zero attached hydrogens (tertiary/aromatic N) is 1. The van der Waals surface area contributed by atoms with Gasteiger partial charge >= 0.3 is 0 Å². The highest BCUT2D eigenvalue weighted by atomic mass is 127. The van der Waals surface area contributed by atoms with E-state index >= 15 is 0 Å². The van der Waals surface area contributed by atoms with E-state index in [9.17, 15) is 0 Å². The topological polar surface area (TPSA) is 15.3 Å². The molecular weight excluding hydrogens is 239 g/mol. The summed E-state index contributed by atoms with van der Waals surface area (Å²) < 4.78 is 2.46. The Morgan fingerprint density at radius 3 is 3.00 bits per heavy atom. The number of nitrogens with one attached hydrogen (secondary N) is 1. The first-order chi connectivity index (χ1) is 4.86. The molecule has 0 amide bonds. The van der Waals surface area contributed by atoms with Gasteiger partial charge in [0.05, 0.1) is 0 Å². The number of fused-ring (bicyclic) bond motifs is 4. The van der Waals surface area contributed by atoms with Gasteiger partial charge in [0.2, 0.25) is 0 Å². The van der Waals surface area contributed by atoms with Crippen molar-refractivity contribution in [3.8, 4) is 0 Å². The normalized spacial score (nSPS) is 41.7. The van der Waals surface area contributed by atoms with Crippen LogP contribution in [0.3, 0.4) is 0 Å². The van der Waals surface area contributed by atoms with Gasteiger partial charge in [-0.1, -0.05) is 0 Å². The smallest absolute Gasteiger partial charge is 0.0209 e. The third kappa shape index (κ3) is 1.31. The van der Waals surface area contributed by atoms with Crippen LogP contribution in [0.25, 0.3) is 0 Å². The van der Waals surface area contributed by atoms with E-state index in [2.05, 4.69) is 31.3 Å². The molecule has 1 aliphatic carbocycles. The van der Waals surface area contributed by atoms with Crippen LogP contribution < -0.4 is 5.32 Å². The predicted molar refractivity (Wildman–Crippen MR) is 50.1 cm³/mol. The monoisotopic (exact) mass is 252 g/mol. The molecule has 2 heterocycles. The molecular formula is C7H13IN2. The SMILES string of the molecule is IN1CCNCC2CC1C2. The van der Waals surface area contributed by atoms with E-state index in [0.717, 1.165) is 12.0 Å². The molecule has 2 saturated heterocycles. The fourth-order valence-corrected chi connectivity index (χ4v) is 2.47. The molecule has 0 radical (unpaired) electrons. The van der Waals surface area contributed by atoms with E-state index < -0.39 is 0 Å². The summed E-state index contributed by atoms with van der Waals surface area (Å²) in [6, 6.07) is 0.910. The van der Waals surface area contributed by atoms with Gasteiger partial charge in [0.15, 0.2) is 0 Å². The van der Waals surface area contributed by atoms with Crippen molar-refractivity contribution in [3.63, 3.8) is 0 Å². The van der Waals surface area contributed by atoms with E-state index in [1.807, 2.05) is 0 Å². The number of halogens is 1. The maximum Gasteiger partial charge on any atom is 0.0209 e. The first kappa shape index (κ1) is 7.31. The lowest BCUT2D eigenvalue weighted by atomic mass is 9.79. The van der Waals surface area contributed by atoms with Gasteiger partial charge in [0.25, 0.3) is 0 Å². The minimum absolute atomic E-state index is 0.910. The van der Waals surface area contributed by atoms with Crippen molar-refractivity contribution in [2.24, 2.45) is 5.92 Å². The highest BCUT2D eigenvalue weighted by Crippen LogP contribution is 2.33. The van der Waals surface area contributed by atoms with Crippen LogP contribution in [0, 0.1) is 5.92 Å². The number of hydrogen-bond donors (Lipinski definition) is 1. The zero-order valence-corrected chi connectivity index (χ0v) is 8.17. The van der Waals surface area contributed by atoms with Crippen molar-refractivity contribution in [3.05, 3.63) is 0 Å². The lowest BCUT2D eigenvalue weighted by molar-refractivity contribution is 0.147. The summed E-state index contributed by atoms with van der Waals surface area (Å²) in [5.74, 6) is 0.988. The minimum Gasteiger partial charge on any atom is -0.315 e. The van der Waals surface area contributed by atoms with E-state index in [4.69, 9.17) is 0 Å². The summed E-state index contributed by atoms with van der Waals surface area (Å²) in [6.07, 6.45) is 2.85. The van der Waals surface area contributed by atoms with E-state index in [-0.39, 0.29) is 0 Å². The Labute approximate surface area is 75.8 Å². The molecule has 58 valence electrons. The van der Waals surface area contributed by atoms with Crippen molar-refractivity contribution >= 4 is 22.9 Å². The Morgan fingerprint density at radius 2 is 2.20 bits per heavy atom. The Balaban J connectivity index is 1.91. The van der Waals surface area contributed by atoms with Crippen molar-refractivity contribution in [1.29, 1.82) is 0 Å². The average Bonchev–Trinajstić information content (AvgIpc) is 1.75. The molecule has 0 aromatic rings. The highest BCUT2D eigenvalue weighted by molar-refractivity contribution is 14.1. The summed E-state index contributed by atoms with van der Waals surface area (Å²) in [4.78, 5) is 0. The molecule has 2 aliphatic heterocycles. The van der Waals surface area contributed by atoms with Gasteiger partial charge in [-0.25, -0.2) is 3.11 Å². The molecule has 0 spiro atoms. The molecule has 1 saturated carbocycles. The van der Waals surface area contributed by atoms with Gasteiger partial charge in [0, 0.05) is 42.0 Å². The van der Waals surface area contributed by atoms with Crippen LogP contribution in [-0.2, 0) is 0 Å². The summed E-state index contributed by atoms with van der Waals surface area (Å²) in [5, 5.41) is 3.46. The largest absolute Gasteiger partial charge is 0.315 e. The highest BCUT2D eigenvalue weighted by Gasteiger charge is 2.33. The lowest BCUT2D eigenvalue weighted by Gasteiger charge is -2.42. The summed E-state index contributed by atoms with van der Waals surface area (Å²) >= 11 is 2.46. The second kappa shape index (κ2) is 2.95. The summed E-state index contributed by atoms with van der Waals surface area (Å²) in [7, 11) is 0. The van der Waals surface area contributed by atoms with Gasteiger partial charge in [-0.2, -0.15) is 0 Å². The third-order valence-electron chi connectivity index (χ3n) is 2.54. The summed E-state index contributed by atoms with van der Waals surface area (Å²) in [5.41, 5.74) is 0. The fraction of sp³-hybridized carbons (Fsp3) is 1.00. The zero-order valence-electron chi connectivity index (χ0n) is 6.02. The fourth-order valence-electron chi connectivity index (χ4n) is 1.77. The Bertz CT molecular complexity index is 120. The predicted octanol–water partition coefficient (Wildman–Crippen LogP) is 1.02. The Hall–Kier alpha value is 0.650. The van der Waals surface area contributed by atoms with Crippen LogP contribution in [0.2, 0.25) is 0 Å². The maximum atomic E-state index is 3.46. The van der Waals surface area contributed by atoms with E-state index in [0.29, 0.717) is 0 Å². The molecule has 0 atom stereocenters. The second-order valence-corrected chi connectivity index (χ2v) is 4.56. The molecule has 2 nitrogen and oxygen atoms in total. The van der Waals surface area contributed by atoms with Gasteiger partial charge in [0.1, 0.15) is 0 Å². The molecule has 3 fully saturated rings. The number of hydrogen-bond acceptors (Lipinski definition) is 2. The van der Waals surface area contributed by atoms with Crippen molar-refractivity contribution in [1.82, 2.24) is 8.43 Å². The van der Waals surface area contributed by atoms with E-state index in [1.165, 1.54) is 32.5 Å². The Morgan fingerprint density at radius 1 is 1.40 bits per heavy atom. The minimum atomic E-state index is 0.910. The quantitative estimate of drug-likeness (QED) is 0.511. The molecule has 0 aromatic carbocycles. The second-order valence-electron chi connectivity index (χ2n) is 3.32. The van der Waals surface area contributed by atoms with Gasteiger partial charge < -0.3 is 5.32 Å². The van der Waals surface area contributed by atoms with Crippen molar-refractivity contribution in [2.75, 3.05) is 19.6 Å². The van der Waals surface area contributed by atoms with Crippen LogP contribution in [0.1, 0.15) is 12.8 Å². The van der Waals surface area contributed by atoms with Crippen LogP contribution >= 0.6 is 22.9 Å². The maximum absolute atomic E-state index is 3.46. The molecule has 2 bridgehead atoms. The van der Waals surface area contributed by atoms with Crippen LogP contribution in [0.5, 0.6) is 0 Å². The third-order valence-corrected chi connectivity index (χ3v) is 3.81. The van der Waals surface area contributed by atoms with Gasteiger partial charge in [-0.05, 0) is 25.3 Å². The lowest BCUT2D eigenvalue weighted by Crippen LogP contribution is -2.48. The van der Waals surface area contributed by atoms with Gasteiger partial charge in [-0.3, -0.25) is 0 Å². The first-order valence-electron chi connectivity index (χ1n) is 3.99. The molecule has 1 N–H and O–H groups in total. The molecule has 3 heteroatoms. The van der Waals surface area contributed by atoms with Crippen LogP contribution in [0.4, 0.5) is 0 Å². The molecule has 3 aliphatic rings. The first-order valence-corrected chi connectivity index (χ1v) is 4.96. The molecule has 0 unspecified atom stereocenters. The number of rotatable bonds is 0. The van der Waals surface area contributed by atoms with Gasteiger partial charge in [-0.15, -0.1) is 0 Å². The summed E-state index contributed by atoms with van der Waals surface area (Å²) in [6.45, 7) is 3.66. The van der Waals surface area contributed by atoms with E-state index in [1.54, 1.807) is 0 Å². The van der Waals surface area contributed by atoms with Crippen molar-refractivity contribution < 1.29 is 0 Å². The van der Waals surface area contributed by atoms with Crippen molar-refractivity contribution in [2.45, 2.75) is 18.9 Å². The van der Waals surface area contributed by atoms with Crippen LogP contribution in [-0.4, -0.2) is 28.8 Å². The average molecular weight is 252 g/mol. The molecule has 3 rings (SSSR count). The Kier molecular flexibility index (Phi) is 2.15. The zero-order chi connectivity index (χ0) is 6.97. The molecule has 10 heavy (non-hydrogen) atoms. The van der Waals surface area contributed by atoms with Crippen LogP contribution in [0.15, 0.2) is 0 Å². The standard InChI is InChI=1S/C7H13IN2/c8-10-2-1-9-5-6-3-7(10)4-6/h6-7,9H,1-5H2. The molecule has 0 aromatic heterocycles.